The highest BCUT2D eigenvalue weighted by Gasteiger charge is 2.35. The topological polar surface area (TPSA) is 12.0 Å². The van der Waals surface area contributed by atoms with Crippen molar-refractivity contribution in [2.45, 2.75) is 56.9 Å². The first-order valence-corrected chi connectivity index (χ1v) is 6.69. The van der Waals surface area contributed by atoms with Crippen LogP contribution in [0.3, 0.4) is 0 Å². The van der Waals surface area contributed by atoms with Crippen LogP contribution in [0.4, 0.5) is 0 Å². The smallest absolute Gasteiger partial charge is 0.0406 e. The minimum atomic E-state index is 0.332. The third-order valence-corrected chi connectivity index (χ3v) is 4.57. The van der Waals surface area contributed by atoms with Crippen LogP contribution < -0.4 is 5.32 Å². The lowest BCUT2D eigenvalue weighted by molar-refractivity contribution is 0.191. The first-order chi connectivity index (χ1) is 6.85. The normalized spacial score (nSPS) is 27.2. The first kappa shape index (κ1) is 10.8. The van der Waals surface area contributed by atoms with Gasteiger partial charge in [-0.15, -0.1) is 11.6 Å². The molecule has 0 aromatic heterocycles. The van der Waals surface area contributed by atoms with E-state index in [1.165, 1.54) is 57.9 Å². The molecular formula is C12H22ClN. The fourth-order valence-electron chi connectivity index (χ4n) is 2.71. The Kier molecular flexibility index (Phi) is 3.73. The molecule has 1 N–H and O–H groups in total. The number of hydrogen-bond donors (Lipinski definition) is 1. The Hall–Kier alpha value is 0.250. The van der Waals surface area contributed by atoms with Crippen molar-refractivity contribution in [1.82, 2.24) is 5.32 Å². The maximum absolute atomic E-state index is 6.02. The van der Waals surface area contributed by atoms with Gasteiger partial charge in [-0.25, -0.2) is 0 Å². The third kappa shape index (κ3) is 2.43. The SMILES string of the molecule is ClCC1(NCC2CCCCC2)CCC1. The van der Waals surface area contributed by atoms with Crippen LogP contribution in [0.2, 0.25) is 0 Å². The van der Waals surface area contributed by atoms with Crippen LogP contribution in [-0.2, 0) is 0 Å². The van der Waals surface area contributed by atoms with Crippen molar-refractivity contribution in [2.75, 3.05) is 12.4 Å². The molecule has 2 rings (SSSR count). The second-order valence-electron chi connectivity index (χ2n) is 5.15. The van der Waals surface area contributed by atoms with Crippen molar-refractivity contribution in [3.05, 3.63) is 0 Å². The monoisotopic (exact) mass is 215 g/mol. The van der Waals surface area contributed by atoms with E-state index in [1.807, 2.05) is 0 Å². The maximum atomic E-state index is 6.02. The zero-order valence-corrected chi connectivity index (χ0v) is 9.78. The molecule has 0 radical (unpaired) electrons. The Labute approximate surface area is 92.6 Å². The van der Waals surface area contributed by atoms with Gasteiger partial charge in [0.15, 0.2) is 0 Å². The second-order valence-corrected chi connectivity index (χ2v) is 5.42. The molecule has 0 saturated heterocycles. The van der Waals surface area contributed by atoms with Crippen molar-refractivity contribution in [2.24, 2.45) is 5.92 Å². The van der Waals surface area contributed by atoms with Crippen LogP contribution in [0.25, 0.3) is 0 Å². The van der Waals surface area contributed by atoms with E-state index in [2.05, 4.69) is 5.32 Å². The summed E-state index contributed by atoms with van der Waals surface area (Å²) in [6.45, 7) is 1.22. The number of alkyl halides is 1. The predicted molar refractivity (Wildman–Crippen MR) is 61.9 cm³/mol. The minimum absolute atomic E-state index is 0.332. The van der Waals surface area contributed by atoms with E-state index in [4.69, 9.17) is 11.6 Å². The molecule has 0 heterocycles. The molecule has 82 valence electrons. The summed E-state index contributed by atoms with van der Waals surface area (Å²) in [6.07, 6.45) is 11.2. The Morgan fingerprint density at radius 3 is 2.29 bits per heavy atom. The molecule has 0 aliphatic heterocycles. The van der Waals surface area contributed by atoms with Crippen molar-refractivity contribution in [3.8, 4) is 0 Å². The molecule has 0 spiro atoms. The van der Waals surface area contributed by atoms with Gasteiger partial charge in [0.25, 0.3) is 0 Å². The Balaban J connectivity index is 1.69. The molecule has 2 aliphatic rings. The van der Waals surface area contributed by atoms with Gasteiger partial charge in [0.1, 0.15) is 0 Å². The predicted octanol–water partition coefficient (Wildman–Crippen LogP) is 3.32. The minimum Gasteiger partial charge on any atom is -0.310 e. The highest BCUT2D eigenvalue weighted by Crippen LogP contribution is 2.33. The fourth-order valence-corrected chi connectivity index (χ4v) is 3.08. The highest BCUT2D eigenvalue weighted by atomic mass is 35.5. The molecule has 0 unspecified atom stereocenters. The summed E-state index contributed by atoms with van der Waals surface area (Å²) >= 11 is 6.02. The number of nitrogens with one attached hydrogen (secondary N) is 1. The van der Waals surface area contributed by atoms with E-state index in [-0.39, 0.29) is 0 Å². The highest BCUT2D eigenvalue weighted by molar-refractivity contribution is 6.18. The lowest BCUT2D eigenvalue weighted by atomic mass is 9.77. The molecule has 0 amide bonds. The van der Waals surface area contributed by atoms with Gasteiger partial charge < -0.3 is 5.32 Å². The van der Waals surface area contributed by atoms with Crippen LogP contribution in [-0.4, -0.2) is 18.0 Å². The zero-order valence-electron chi connectivity index (χ0n) is 9.03. The number of halogens is 1. The van der Waals surface area contributed by atoms with Gasteiger partial charge in [0.05, 0.1) is 0 Å². The molecule has 0 aromatic carbocycles. The molecular weight excluding hydrogens is 194 g/mol. The summed E-state index contributed by atoms with van der Waals surface area (Å²) < 4.78 is 0. The van der Waals surface area contributed by atoms with Crippen LogP contribution >= 0.6 is 11.6 Å². The van der Waals surface area contributed by atoms with E-state index >= 15 is 0 Å². The Morgan fingerprint density at radius 1 is 1.07 bits per heavy atom. The van der Waals surface area contributed by atoms with Gasteiger partial charge in [-0.05, 0) is 44.6 Å². The van der Waals surface area contributed by atoms with Gasteiger partial charge in [0, 0.05) is 11.4 Å². The first-order valence-electron chi connectivity index (χ1n) is 6.16. The summed E-state index contributed by atoms with van der Waals surface area (Å²) in [5, 5.41) is 3.72. The third-order valence-electron chi connectivity index (χ3n) is 4.06. The van der Waals surface area contributed by atoms with Crippen LogP contribution in [0.5, 0.6) is 0 Å². The van der Waals surface area contributed by atoms with Gasteiger partial charge in [-0.2, -0.15) is 0 Å². The van der Waals surface area contributed by atoms with E-state index in [1.54, 1.807) is 0 Å². The average molecular weight is 216 g/mol. The van der Waals surface area contributed by atoms with Gasteiger partial charge in [0.2, 0.25) is 0 Å². The lowest BCUT2D eigenvalue weighted by Gasteiger charge is -2.42. The largest absolute Gasteiger partial charge is 0.310 e. The van der Waals surface area contributed by atoms with E-state index in [9.17, 15) is 0 Å². The molecule has 2 aliphatic carbocycles. The molecule has 0 atom stereocenters. The molecule has 1 nitrogen and oxygen atoms in total. The number of hydrogen-bond acceptors (Lipinski definition) is 1. The van der Waals surface area contributed by atoms with Crippen molar-refractivity contribution in [1.29, 1.82) is 0 Å². The molecule has 0 aromatic rings. The Bertz CT molecular complexity index is 166. The standard InChI is InChI=1S/C12H22ClN/c13-10-12(7-4-8-12)14-9-11-5-2-1-3-6-11/h11,14H,1-10H2. The van der Waals surface area contributed by atoms with Crippen LogP contribution in [0.1, 0.15) is 51.4 Å². The lowest BCUT2D eigenvalue weighted by Crippen LogP contribution is -2.54. The van der Waals surface area contributed by atoms with Gasteiger partial charge in [-0.3, -0.25) is 0 Å². The van der Waals surface area contributed by atoms with E-state index in [0.29, 0.717) is 5.54 Å². The summed E-state index contributed by atoms with van der Waals surface area (Å²) in [5.41, 5.74) is 0.332. The summed E-state index contributed by atoms with van der Waals surface area (Å²) in [6, 6.07) is 0. The van der Waals surface area contributed by atoms with Gasteiger partial charge >= 0.3 is 0 Å². The van der Waals surface area contributed by atoms with Crippen molar-refractivity contribution >= 4 is 11.6 Å². The quantitative estimate of drug-likeness (QED) is 0.710. The molecule has 0 bridgehead atoms. The van der Waals surface area contributed by atoms with Crippen molar-refractivity contribution < 1.29 is 0 Å². The number of rotatable bonds is 4. The molecule has 2 fully saturated rings. The molecule has 2 saturated carbocycles. The maximum Gasteiger partial charge on any atom is 0.0406 e. The molecule has 2 heteroatoms. The summed E-state index contributed by atoms with van der Waals surface area (Å²) in [5.74, 6) is 1.74. The van der Waals surface area contributed by atoms with Gasteiger partial charge in [-0.1, -0.05) is 19.3 Å². The summed E-state index contributed by atoms with van der Waals surface area (Å²) in [4.78, 5) is 0. The average Bonchev–Trinajstić information content (AvgIpc) is 2.19. The zero-order chi connectivity index (χ0) is 9.86. The van der Waals surface area contributed by atoms with Crippen molar-refractivity contribution in [3.63, 3.8) is 0 Å². The van der Waals surface area contributed by atoms with E-state index in [0.717, 1.165) is 11.8 Å². The van der Waals surface area contributed by atoms with Crippen LogP contribution in [0, 0.1) is 5.92 Å². The molecule has 14 heavy (non-hydrogen) atoms. The second kappa shape index (κ2) is 4.85. The van der Waals surface area contributed by atoms with Crippen LogP contribution in [0.15, 0.2) is 0 Å². The fraction of sp³-hybridized carbons (Fsp3) is 1.00. The Morgan fingerprint density at radius 2 is 1.79 bits per heavy atom. The van der Waals surface area contributed by atoms with E-state index < -0.39 is 0 Å². The summed E-state index contributed by atoms with van der Waals surface area (Å²) in [7, 11) is 0.